The van der Waals surface area contributed by atoms with Gasteiger partial charge in [0.15, 0.2) is 0 Å². The van der Waals surface area contributed by atoms with Crippen molar-refractivity contribution in [1.82, 2.24) is 0 Å². The number of unbranched alkanes of at least 4 members (excludes halogenated alkanes) is 2. The number of carbonyl (C=O) groups excluding carboxylic acids is 6. The molecule has 0 bridgehead atoms. The predicted octanol–water partition coefficient (Wildman–Crippen LogP) is 0.176. The number of esters is 2. The number of aliphatic carboxylic acids is 3. The van der Waals surface area contributed by atoms with Gasteiger partial charge in [0.25, 0.3) is 5.97 Å². The average molecular weight is 1260 g/mol. The van der Waals surface area contributed by atoms with Crippen LogP contribution in [0.25, 0.3) is 0 Å². The molecule has 0 saturated heterocycles. The van der Waals surface area contributed by atoms with E-state index in [-0.39, 0.29) is 137 Å². The summed E-state index contributed by atoms with van der Waals surface area (Å²) in [6.07, 6.45) is 5.09. The average Bonchev–Trinajstić information content (AvgIpc) is 2.88. The molecule has 3 atom stereocenters. The Morgan fingerprint density at radius 2 is 1.10 bits per heavy atom. The molecule has 0 fully saturated rings. The first-order chi connectivity index (χ1) is 17.7. The van der Waals surface area contributed by atoms with Crippen molar-refractivity contribution in [1.29, 1.82) is 0 Å². The zero-order chi connectivity index (χ0) is 30.1. The molecule has 0 aliphatic rings. The Balaban J connectivity index is -0.000000109. The molecular weight excluding hydrogens is 1210 g/mol. The molecule has 0 aliphatic heterocycles. The topological polar surface area (TPSA) is 190 Å². The van der Waals surface area contributed by atoms with Gasteiger partial charge in [-0.1, -0.05) is 40.0 Å². The molecule has 0 aromatic heterocycles. The molecule has 0 aliphatic carbocycles. The van der Waals surface area contributed by atoms with Crippen molar-refractivity contribution in [3.8, 4) is 0 Å². The van der Waals surface area contributed by atoms with E-state index in [1.807, 2.05) is 0 Å². The van der Waals surface area contributed by atoms with Gasteiger partial charge in [-0.2, -0.15) is 0 Å². The normalized spacial score (nSPS) is 11.4. The van der Waals surface area contributed by atoms with E-state index in [1.54, 1.807) is 6.92 Å². The number of carboxylic acid groups (broad SMARTS) is 3. The van der Waals surface area contributed by atoms with Crippen LogP contribution in [0.1, 0.15) is 85.0 Å². The fourth-order valence-corrected chi connectivity index (χ4v) is 2.26. The minimum Gasteiger partial charge on any atom is -0.550 e. The van der Waals surface area contributed by atoms with E-state index in [0.29, 0.717) is 32.3 Å². The van der Waals surface area contributed by atoms with Crippen molar-refractivity contribution in [2.45, 2.75) is 85.0 Å². The van der Waals surface area contributed by atoms with Crippen LogP contribution in [0.4, 0.5) is 0 Å². The second kappa shape index (κ2) is 36.4. The second-order valence-corrected chi connectivity index (χ2v) is 8.59. The molecule has 0 radical (unpaired) electrons. The molecular formula is C27H42O11U3-6. The Hall–Kier alpha value is 0.176. The molecule has 0 rings (SSSR count). The molecule has 41 heavy (non-hydrogen) atoms. The molecule has 14 heteroatoms. The summed E-state index contributed by atoms with van der Waals surface area (Å²) >= 11 is 0. The van der Waals surface area contributed by atoms with Gasteiger partial charge >= 0.3 is 5.97 Å². The third-order valence-electron chi connectivity index (χ3n) is 4.97. The monoisotopic (exact) mass is 1260 g/mol. The summed E-state index contributed by atoms with van der Waals surface area (Å²) in [5, 5.41) is 30.7. The molecule has 0 N–H and O–H groups in total. The van der Waals surface area contributed by atoms with Gasteiger partial charge in [0, 0.05) is 130 Å². The van der Waals surface area contributed by atoms with Crippen LogP contribution in [-0.4, -0.2) is 48.8 Å². The summed E-state index contributed by atoms with van der Waals surface area (Å²) in [7, 11) is 0. The Labute approximate surface area is 315 Å². The van der Waals surface area contributed by atoms with Crippen LogP contribution in [0.2, 0.25) is 0 Å². The zero-order valence-corrected chi connectivity index (χ0v) is 36.8. The van der Waals surface area contributed by atoms with Crippen LogP contribution in [0.3, 0.4) is 0 Å². The van der Waals surface area contributed by atoms with Crippen molar-refractivity contribution < 1.29 is 147 Å². The van der Waals surface area contributed by atoms with E-state index >= 15 is 0 Å². The van der Waals surface area contributed by atoms with Gasteiger partial charge in [0.1, 0.15) is 5.78 Å². The predicted molar refractivity (Wildman–Crippen MR) is 132 cm³/mol. The summed E-state index contributed by atoms with van der Waals surface area (Å²) in [5.74, 6) is -5.78. The van der Waals surface area contributed by atoms with Crippen LogP contribution in [0.5, 0.6) is 0 Å². The summed E-state index contributed by atoms with van der Waals surface area (Å²) in [6, 6.07) is 0. The van der Waals surface area contributed by atoms with E-state index in [2.05, 4.69) is 25.5 Å². The molecule has 3 unspecified atom stereocenters. The number of carboxylic acids is 3. The third kappa shape index (κ3) is 40.2. The van der Waals surface area contributed by atoms with Crippen molar-refractivity contribution in [2.24, 2.45) is 17.8 Å². The first-order valence-corrected chi connectivity index (χ1v) is 12.6. The maximum Gasteiger partial charge on any atom is 0.305 e. The van der Waals surface area contributed by atoms with Crippen LogP contribution >= 0.6 is 0 Å². The number of rotatable bonds is 18. The fourth-order valence-electron chi connectivity index (χ4n) is 2.26. The zero-order valence-electron chi connectivity index (χ0n) is 24.3. The van der Waals surface area contributed by atoms with Crippen LogP contribution in [0, 0.1) is 132 Å². The first kappa shape index (κ1) is 53.7. The van der Waals surface area contributed by atoms with Gasteiger partial charge in [0.2, 0.25) is 0 Å². The quantitative estimate of drug-likeness (QED) is 0.104. The second-order valence-electron chi connectivity index (χ2n) is 8.59. The van der Waals surface area contributed by atoms with Crippen LogP contribution in [0.15, 0.2) is 0 Å². The minimum atomic E-state index is -1.22. The largest absolute Gasteiger partial charge is 0.550 e. The van der Waals surface area contributed by atoms with E-state index in [1.165, 1.54) is 13.8 Å². The summed E-state index contributed by atoms with van der Waals surface area (Å²) in [4.78, 5) is 62.8. The summed E-state index contributed by atoms with van der Waals surface area (Å²) < 4.78 is 9.20. The maximum atomic E-state index is 10.9. The Morgan fingerprint density at radius 1 is 0.610 bits per heavy atom. The first-order valence-electron chi connectivity index (χ1n) is 12.6. The van der Waals surface area contributed by atoms with Crippen molar-refractivity contribution in [3.63, 3.8) is 0 Å². The number of ether oxygens (including phenoxy) is 2. The van der Waals surface area contributed by atoms with Crippen LogP contribution < -0.4 is 15.3 Å². The smallest absolute Gasteiger partial charge is 0.305 e. The number of carbonyl (C=O) groups is 6. The van der Waals surface area contributed by atoms with E-state index in [4.69, 9.17) is 4.74 Å². The molecule has 0 saturated carbocycles. The Morgan fingerprint density at radius 3 is 1.51 bits per heavy atom. The number of hydrogen-bond acceptors (Lipinski definition) is 11. The fraction of sp³-hybridized carbons (Fsp3) is 0.667. The van der Waals surface area contributed by atoms with Crippen molar-refractivity contribution >= 4 is 35.6 Å². The number of ketones is 1. The van der Waals surface area contributed by atoms with E-state index in [9.17, 15) is 44.1 Å². The van der Waals surface area contributed by atoms with Crippen molar-refractivity contribution in [2.75, 3.05) is 13.2 Å². The van der Waals surface area contributed by atoms with Gasteiger partial charge in [0.05, 0.1) is 13.2 Å². The molecule has 0 aromatic rings. The van der Waals surface area contributed by atoms with Gasteiger partial charge in [-0.25, -0.2) is 0 Å². The third-order valence-corrected chi connectivity index (χ3v) is 4.97. The molecule has 0 spiro atoms. The standard InChI is InChI=1S/C11H19O3.C9H15O4.C7H11O4.3U/c1-3-10(12)8-6-4-5-7-9(2)11(13)14;1-3-6-13-8(10)5-4-7(2)9(11)12;1-3-6(8)11-4-5(2)7(9)10;;;/h9H,1,3-8H2,2H3,(H,13,14);7H,1,3-6H2,2H3,(H,11,12);5H,1,3-4H2,2H3,(H,9,10);;;/q3*-1;;;/p-3. The molecule has 0 amide bonds. The maximum absolute atomic E-state index is 10.9. The molecule has 0 aromatic carbocycles. The van der Waals surface area contributed by atoms with E-state index in [0.717, 1.165) is 19.3 Å². The van der Waals surface area contributed by atoms with Gasteiger partial charge in [-0.15, -0.1) is 12.8 Å². The molecule has 0 heterocycles. The Kier molecular flexibility index (Phi) is 47.6. The van der Waals surface area contributed by atoms with Crippen LogP contribution in [-0.2, 0) is 38.2 Å². The van der Waals surface area contributed by atoms with Gasteiger partial charge in [-0.3, -0.25) is 9.59 Å². The summed E-state index contributed by atoms with van der Waals surface area (Å²) in [5.41, 5.74) is 0. The van der Waals surface area contributed by atoms with E-state index < -0.39 is 35.7 Å². The van der Waals surface area contributed by atoms with Crippen molar-refractivity contribution in [3.05, 3.63) is 20.8 Å². The van der Waals surface area contributed by atoms with Gasteiger partial charge in [-0.05, 0) is 31.1 Å². The molecule has 11 nitrogen and oxygen atoms in total. The number of Topliss-reactive ketones (excluding diaryl/α,β-unsaturated/α-hetero) is 1. The molecule has 234 valence electrons. The SMILES string of the molecule is [CH2-]CC(=O)CCCCCC(C)C(=O)[O-].[CH2-]CC(=O)OCC(C)C(=O)[O-].[CH2-]CCOC(=O)CCC(C)C(=O)[O-].[U].[U].[U]. The summed E-state index contributed by atoms with van der Waals surface area (Å²) in [6.45, 7) is 15.0. The van der Waals surface area contributed by atoms with Gasteiger partial charge < -0.3 is 64.7 Å². The minimum absolute atomic E-state index is 0. The number of hydrogen-bond donors (Lipinski definition) is 0. The Bertz CT molecular complexity index is 719.